The summed E-state index contributed by atoms with van der Waals surface area (Å²) >= 11 is 0. The number of ether oxygens (including phenoxy) is 2. The van der Waals surface area contributed by atoms with Crippen LogP contribution in [0.5, 0.6) is 0 Å². The number of rotatable bonds is 0. The molecule has 3 nitrogen and oxygen atoms in total. The van der Waals surface area contributed by atoms with E-state index in [0.29, 0.717) is 19.6 Å². The Hall–Kier alpha value is -0.830. The molecule has 0 aromatic heterocycles. The van der Waals surface area contributed by atoms with Crippen molar-refractivity contribution in [1.29, 1.82) is 0 Å². The summed E-state index contributed by atoms with van der Waals surface area (Å²) in [6.45, 7) is 0.309. The molecule has 1 aliphatic heterocycles. The molecule has 1 saturated heterocycles. The molecule has 1 aliphatic carbocycles. The molecule has 0 saturated carbocycles. The number of Topliss-reactive ketones (excluding diaryl/α,β-unsaturated/α-hetero) is 1. The highest BCUT2D eigenvalue weighted by molar-refractivity contribution is 5.82. The van der Waals surface area contributed by atoms with Gasteiger partial charge in [0, 0.05) is 12.8 Å². The lowest BCUT2D eigenvalue weighted by Crippen LogP contribution is -2.18. The van der Waals surface area contributed by atoms with Crippen LogP contribution in [0.4, 0.5) is 0 Å². The highest BCUT2D eigenvalue weighted by Gasteiger charge is 2.28. The first-order valence-electron chi connectivity index (χ1n) is 3.32. The molecule has 0 aromatic carbocycles. The fourth-order valence-corrected chi connectivity index (χ4v) is 1.21. The minimum absolute atomic E-state index is 0.0683. The van der Waals surface area contributed by atoms with Crippen LogP contribution in [0, 0.1) is 0 Å². The third-order valence-corrected chi connectivity index (χ3v) is 1.76. The van der Waals surface area contributed by atoms with Crippen molar-refractivity contribution in [2.45, 2.75) is 18.9 Å². The number of ketones is 1. The maximum atomic E-state index is 10.8. The molecule has 1 fully saturated rings. The molecule has 1 heterocycles. The quantitative estimate of drug-likeness (QED) is 0.494. The molecular formula is C7H8O3. The molecule has 1 atom stereocenters. The van der Waals surface area contributed by atoms with Gasteiger partial charge in [-0.1, -0.05) is 0 Å². The highest BCUT2D eigenvalue weighted by Crippen LogP contribution is 2.24. The number of hydrogen-bond acceptors (Lipinski definition) is 3. The van der Waals surface area contributed by atoms with Crippen LogP contribution in [-0.2, 0) is 14.3 Å². The Labute approximate surface area is 58.6 Å². The summed E-state index contributed by atoms with van der Waals surface area (Å²) in [5.41, 5.74) is 0. The number of allylic oxidation sites excluding steroid dienone is 1. The molecule has 2 rings (SSSR count). The van der Waals surface area contributed by atoms with E-state index in [1.807, 2.05) is 6.08 Å². The van der Waals surface area contributed by atoms with Crippen LogP contribution in [0.1, 0.15) is 12.8 Å². The van der Waals surface area contributed by atoms with E-state index in [-0.39, 0.29) is 11.9 Å². The van der Waals surface area contributed by atoms with Crippen LogP contribution in [0.2, 0.25) is 0 Å². The summed E-state index contributed by atoms with van der Waals surface area (Å²) < 4.78 is 10.2. The average Bonchev–Trinajstić information content (AvgIpc) is 2.33. The Morgan fingerprint density at radius 2 is 2.50 bits per heavy atom. The Bertz CT molecular complexity index is 195. The molecule has 1 unspecified atom stereocenters. The molecule has 0 aromatic rings. The lowest BCUT2D eigenvalue weighted by molar-refractivity contribution is -0.120. The predicted molar refractivity (Wildman–Crippen MR) is 33.1 cm³/mol. The van der Waals surface area contributed by atoms with Gasteiger partial charge < -0.3 is 9.47 Å². The molecule has 10 heavy (non-hydrogen) atoms. The first-order valence-corrected chi connectivity index (χ1v) is 3.32. The minimum atomic E-state index is -0.0683. The topological polar surface area (TPSA) is 35.5 Å². The summed E-state index contributed by atoms with van der Waals surface area (Å²) in [6.07, 6.45) is 2.74. The van der Waals surface area contributed by atoms with E-state index in [9.17, 15) is 4.79 Å². The first kappa shape index (κ1) is 5.92. The van der Waals surface area contributed by atoms with Crippen molar-refractivity contribution in [1.82, 2.24) is 0 Å². The van der Waals surface area contributed by atoms with Gasteiger partial charge in [-0.3, -0.25) is 4.79 Å². The van der Waals surface area contributed by atoms with Gasteiger partial charge in [0.15, 0.2) is 6.79 Å². The van der Waals surface area contributed by atoms with Gasteiger partial charge in [0.2, 0.25) is 0 Å². The predicted octanol–water partition coefficient (Wildman–Crippen LogP) is 0.606. The van der Waals surface area contributed by atoms with E-state index in [4.69, 9.17) is 9.47 Å². The van der Waals surface area contributed by atoms with Crippen LogP contribution in [-0.4, -0.2) is 18.7 Å². The van der Waals surface area contributed by atoms with E-state index in [0.717, 1.165) is 5.76 Å². The second-order valence-electron chi connectivity index (χ2n) is 2.47. The Kier molecular flexibility index (Phi) is 1.24. The monoisotopic (exact) mass is 140 g/mol. The second kappa shape index (κ2) is 2.09. The normalized spacial score (nSPS) is 31.0. The number of carbonyl (C=O) groups is 1. The molecule has 3 heteroatoms. The fourth-order valence-electron chi connectivity index (χ4n) is 1.21. The zero-order valence-corrected chi connectivity index (χ0v) is 5.50. The highest BCUT2D eigenvalue weighted by atomic mass is 16.7. The van der Waals surface area contributed by atoms with Crippen LogP contribution in [0.3, 0.4) is 0 Å². The van der Waals surface area contributed by atoms with Crippen LogP contribution >= 0.6 is 0 Å². The molecule has 0 bridgehead atoms. The summed E-state index contributed by atoms with van der Waals surface area (Å²) in [5, 5.41) is 0. The van der Waals surface area contributed by atoms with Gasteiger partial charge in [-0.05, 0) is 6.08 Å². The lowest BCUT2D eigenvalue weighted by atomic mass is 10.0. The lowest BCUT2D eigenvalue weighted by Gasteiger charge is -2.11. The van der Waals surface area contributed by atoms with Gasteiger partial charge in [0.1, 0.15) is 17.6 Å². The van der Waals surface area contributed by atoms with Crippen molar-refractivity contribution in [3.63, 3.8) is 0 Å². The summed E-state index contributed by atoms with van der Waals surface area (Å²) in [4.78, 5) is 10.8. The summed E-state index contributed by atoms with van der Waals surface area (Å²) in [7, 11) is 0. The summed E-state index contributed by atoms with van der Waals surface area (Å²) in [5.74, 6) is 1.08. The molecule has 0 amide bonds. The third kappa shape index (κ3) is 0.827. The summed E-state index contributed by atoms with van der Waals surface area (Å²) in [6, 6.07) is 0. The average molecular weight is 140 g/mol. The van der Waals surface area contributed by atoms with Gasteiger partial charge in [-0.15, -0.1) is 0 Å². The van der Waals surface area contributed by atoms with Gasteiger partial charge >= 0.3 is 0 Å². The van der Waals surface area contributed by atoms with E-state index >= 15 is 0 Å². The second-order valence-corrected chi connectivity index (χ2v) is 2.47. The molecule has 0 radical (unpaired) electrons. The van der Waals surface area contributed by atoms with Crippen molar-refractivity contribution in [2.75, 3.05) is 6.79 Å². The van der Waals surface area contributed by atoms with Gasteiger partial charge in [-0.2, -0.15) is 0 Å². The smallest absolute Gasteiger partial charge is 0.189 e. The number of fused-ring (bicyclic) bond motifs is 1. The minimum Gasteiger partial charge on any atom is -0.469 e. The third-order valence-electron chi connectivity index (χ3n) is 1.76. The van der Waals surface area contributed by atoms with E-state index in [1.54, 1.807) is 0 Å². The van der Waals surface area contributed by atoms with Gasteiger partial charge in [0.25, 0.3) is 0 Å². The van der Waals surface area contributed by atoms with Gasteiger partial charge in [-0.25, -0.2) is 0 Å². The molecular weight excluding hydrogens is 132 g/mol. The number of carbonyl (C=O) groups excluding carboxylic acids is 1. The van der Waals surface area contributed by atoms with E-state index < -0.39 is 0 Å². The van der Waals surface area contributed by atoms with Crippen molar-refractivity contribution < 1.29 is 14.3 Å². The fraction of sp³-hybridized carbons (Fsp3) is 0.571. The van der Waals surface area contributed by atoms with Crippen LogP contribution in [0.25, 0.3) is 0 Å². The van der Waals surface area contributed by atoms with Crippen LogP contribution in [0.15, 0.2) is 11.8 Å². The SMILES string of the molecule is O=C1CC=C2OCOC2C1. The Morgan fingerprint density at radius 3 is 3.40 bits per heavy atom. The van der Waals surface area contributed by atoms with E-state index in [2.05, 4.69) is 0 Å². The number of hydrogen-bond donors (Lipinski definition) is 0. The molecule has 0 N–H and O–H groups in total. The largest absolute Gasteiger partial charge is 0.469 e. The first-order chi connectivity index (χ1) is 4.86. The standard InChI is InChI=1S/C7H8O3/c8-5-1-2-6-7(3-5)10-4-9-6/h2,7H,1,3-4H2. The van der Waals surface area contributed by atoms with Crippen LogP contribution < -0.4 is 0 Å². The maximum Gasteiger partial charge on any atom is 0.189 e. The Balaban J connectivity index is 2.20. The zero-order chi connectivity index (χ0) is 6.97. The van der Waals surface area contributed by atoms with Gasteiger partial charge in [0.05, 0.1) is 0 Å². The van der Waals surface area contributed by atoms with Crippen molar-refractivity contribution in [3.8, 4) is 0 Å². The molecule has 0 spiro atoms. The molecule has 54 valence electrons. The maximum absolute atomic E-state index is 10.8. The Morgan fingerprint density at radius 1 is 1.60 bits per heavy atom. The van der Waals surface area contributed by atoms with Crippen molar-refractivity contribution >= 4 is 5.78 Å². The van der Waals surface area contributed by atoms with E-state index in [1.165, 1.54) is 0 Å². The van der Waals surface area contributed by atoms with Crippen molar-refractivity contribution in [2.24, 2.45) is 0 Å². The molecule has 2 aliphatic rings. The zero-order valence-electron chi connectivity index (χ0n) is 5.50. The van der Waals surface area contributed by atoms with Crippen molar-refractivity contribution in [3.05, 3.63) is 11.8 Å².